The monoisotopic (exact) mass is 236 g/mol. The molecule has 2 rings (SSSR count). The zero-order chi connectivity index (χ0) is 11.9. The second-order valence-corrected chi connectivity index (χ2v) is 3.89. The Bertz CT molecular complexity index is 352. The van der Waals surface area contributed by atoms with Crippen LogP contribution in [0.1, 0.15) is 12.1 Å². The number of nitrogens with one attached hydrogen (secondary N) is 2. The van der Waals surface area contributed by atoms with Crippen LogP contribution in [0.15, 0.2) is 18.3 Å². The number of ether oxygens (including phenoxy) is 1. The van der Waals surface area contributed by atoms with Crippen LogP contribution < -0.4 is 10.6 Å². The lowest BCUT2D eigenvalue weighted by Gasteiger charge is -2.22. The van der Waals surface area contributed by atoms with Gasteiger partial charge in [-0.3, -0.25) is 4.79 Å². The van der Waals surface area contributed by atoms with Crippen LogP contribution in [0.5, 0.6) is 0 Å². The Morgan fingerprint density at radius 1 is 1.65 bits per heavy atom. The van der Waals surface area contributed by atoms with E-state index in [1.165, 1.54) is 0 Å². The first-order chi connectivity index (χ1) is 8.34. The minimum Gasteiger partial charge on any atom is -0.375 e. The highest BCUT2D eigenvalue weighted by atomic mass is 16.5. The Balaban J connectivity index is 1.70. The highest BCUT2D eigenvalue weighted by Gasteiger charge is 2.16. The molecule has 1 fully saturated rings. The molecular formula is C11H16N4O2. The molecular weight excluding hydrogens is 220 g/mol. The fraction of sp³-hybridized carbons (Fsp3) is 0.545. The van der Waals surface area contributed by atoms with Crippen molar-refractivity contribution in [3.63, 3.8) is 0 Å². The minimum atomic E-state index is -0.0237. The fourth-order valence-corrected chi connectivity index (χ4v) is 1.65. The topological polar surface area (TPSA) is 76.1 Å². The molecule has 17 heavy (non-hydrogen) atoms. The van der Waals surface area contributed by atoms with Gasteiger partial charge in [-0.05, 0) is 12.1 Å². The van der Waals surface area contributed by atoms with E-state index in [1.54, 1.807) is 12.3 Å². The van der Waals surface area contributed by atoms with Gasteiger partial charge in [0.2, 0.25) is 5.91 Å². The Morgan fingerprint density at radius 3 is 3.29 bits per heavy atom. The lowest BCUT2D eigenvalue weighted by molar-refractivity contribution is -0.124. The maximum atomic E-state index is 11.6. The van der Waals surface area contributed by atoms with Gasteiger partial charge in [0.25, 0.3) is 0 Å². The van der Waals surface area contributed by atoms with Gasteiger partial charge < -0.3 is 15.4 Å². The molecule has 1 aliphatic heterocycles. The van der Waals surface area contributed by atoms with E-state index in [0.717, 1.165) is 18.8 Å². The van der Waals surface area contributed by atoms with Gasteiger partial charge in [0, 0.05) is 19.3 Å². The molecule has 0 radical (unpaired) electrons. The Morgan fingerprint density at radius 2 is 2.59 bits per heavy atom. The lowest BCUT2D eigenvalue weighted by atomic mass is 10.2. The largest absolute Gasteiger partial charge is 0.375 e. The predicted molar refractivity (Wildman–Crippen MR) is 61.1 cm³/mol. The smallest absolute Gasteiger partial charge is 0.222 e. The van der Waals surface area contributed by atoms with Crippen molar-refractivity contribution in [1.29, 1.82) is 0 Å². The third-order valence-corrected chi connectivity index (χ3v) is 2.51. The average molecular weight is 236 g/mol. The van der Waals surface area contributed by atoms with Crippen molar-refractivity contribution in [3.05, 3.63) is 24.0 Å². The second-order valence-electron chi connectivity index (χ2n) is 3.89. The van der Waals surface area contributed by atoms with Crippen molar-refractivity contribution in [3.8, 4) is 0 Å². The quantitative estimate of drug-likeness (QED) is 0.735. The highest BCUT2D eigenvalue weighted by Crippen LogP contribution is 2.01. The molecule has 2 heterocycles. The summed E-state index contributed by atoms with van der Waals surface area (Å²) in [6.45, 7) is 2.67. The summed E-state index contributed by atoms with van der Waals surface area (Å²) in [6, 6.07) is 3.62. The molecule has 0 spiro atoms. The molecule has 1 saturated heterocycles. The molecule has 1 aliphatic rings. The molecule has 2 N–H and O–H groups in total. The Kier molecular flexibility index (Phi) is 4.40. The predicted octanol–water partition coefficient (Wildman–Crippen LogP) is -0.529. The first-order valence-corrected chi connectivity index (χ1v) is 5.70. The molecule has 0 saturated carbocycles. The number of carbonyl (C=O) groups excluding carboxylic acids is 1. The average Bonchev–Trinajstić information content (AvgIpc) is 2.39. The van der Waals surface area contributed by atoms with Crippen LogP contribution in [0, 0.1) is 0 Å². The van der Waals surface area contributed by atoms with E-state index < -0.39 is 0 Å². The number of hydrogen-bond donors (Lipinski definition) is 2. The number of carbonyl (C=O) groups is 1. The highest BCUT2D eigenvalue weighted by molar-refractivity contribution is 5.76. The third-order valence-electron chi connectivity index (χ3n) is 2.51. The second kappa shape index (κ2) is 6.27. The summed E-state index contributed by atoms with van der Waals surface area (Å²) in [5.74, 6) is -0.0237. The number of rotatable bonds is 4. The van der Waals surface area contributed by atoms with Gasteiger partial charge >= 0.3 is 0 Å². The van der Waals surface area contributed by atoms with Crippen LogP contribution in [0.2, 0.25) is 0 Å². The molecule has 92 valence electrons. The summed E-state index contributed by atoms with van der Waals surface area (Å²) in [7, 11) is 0. The van der Waals surface area contributed by atoms with Gasteiger partial charge in [-0.15, -0.1) is 0 Å². The number of aromatic nitrogens is 2. The molecule has 0 aromatic carbocycles. The fourth-order valence-electron chi connectivity index (χ4n) is 1.65. The van der Waals surface area contributed by atoms with Crippen molar-refractivity contribution in [2.45, 2.75) is 19.1 Å². The summed E-state index contributed by atoms with van der Waals surface area (Å²) >= 11 is 0. The number of amides is 1. The summed E-state index contributed by atoms with van der Waals surface area (Å²) in [5.41, 5.74) is 0.753. The summed E-state index contributed by atoms with van der Waals surface area (Å²) < 4.78 is 5.45. The third kappa shape index (κ3) is 4.08. The van der Waals surface area contributed by atoms with Crippen molar-refractivity contribution >= 4 is 5.91 Å². The van der Waals surface area contributed by atoms with Crippen LogP contribution in [-0.4, -0.2) is 41.9 Å². The zero-order valence-corrected chi connectivity index (χ0v) is 9.56. The standard InChI is InChI=1S/C11H16N4O2/c16-11(6-10-8-12-4-5-17-10)13-7-9-2-1-3-14-15-9/h1-3,10,12H,4-8H2,(H,13,16). The van der Waals surface area contributed by atoms with Crippen molar-refractivity contribution in [2.24, 2.45) is 0 Å². The molecule has 1 aromatic heterocycles. The Labute approximate surface area is 99.8 Å². The summed E-state index contributed by atoms with van der Waals surface area (Å²) in [4.78, 5) is 11.6. The number of hydrogen-bond acceptors (Lipinski definition) is 5. The van der Waals surface area contributed by atoms with Gasteiger partial charge in [0.15, 0.2) is 0 Å². The molecule has 6 nitrogen and oxygen atoms in total. The molecule has 1 unspecified atom stereocenters. The normalized spacial score (nSPS) is 19.9. The van der Waals surface area contributed by atoms with Crippen LogP contribution in [0.4, 0.5) is 0 Å². The SMILES string of the molecule is O=C(CC1CNCCO1)NCc1cccnn1. The van der Waals surface area contributed by atoms with E-state index in [2.05, 4.69) is 20.8 Å². The zero-order valence-electron chi connectivity index (χ0n) is 9.56. The lowest BCUT2D eigenvalue weighted by Crippen LogP contribution is -2.41. The van der Waals surface area contributed by atoms with E-state index in [0.29, 0.717) is 19.6 Å². The first-order valence-electron chi connectivity index (χ1n) is 5.70. The van der Waals surface area contributed by atoms with Crippen molar-refractivity contribution < 1.29 is 9.53 Å². The molecule has 1 atom stereocenters. The van der Waals surface area contributed by atoms with E-state index in [9.17, 15) is 4.79 Å². The van der Waals surface area contributed by atoms with Crippen molar-refractivity contribution in [2.75, 3.05) is 19.7 Å². The molecule has 1 aromatic rings. The van der Waals surface area contributed by atoms with Gasteiger partial charge in [-0.1, -0.05) is 0 Å². The van der Waals surface area contributed by atoms with Gasteiger partial charge in [-0.2, -0.15) is 10.2 Å². The van der Waals surface area contributed by atoms with Gasteiger partial charge in [-0.25, -0.2) is 0 Å². The Hall–Kier alpha value is -1.53. The van der Waals surface area contributed by atoms with E-state index in [1.807, 2.05) is 6.07 Å². The number of morpholine rings is 1. The van der Waals surface area contributed by atoms with Crippen LogP contribution in [0.3, 0.4) is 0 Å². The van der Waals surface area contributed by atoms with Gasteiger partial charge in [0.1, 0.15) is 0 Å². The molecule has 0 bridgehead atoms. The minimum absolute atomic E-state index is 0.0226. The molecule has 1 amide bonds. The van der Waals surface area contributed by atoms with Crippen LogP contribution in [0.25, 0.3) is 0 Å². The van der Waals surface area contributed by atoms with Crippen LogP contribution >= 0.6 is 0 Å². The number of nitrogens with zero attached hydrogens (tertiary/aromatic N) is 2. The molecule has 6 heteroatoms. The maximum Gasteiger partial charge on any atom is 0.222 e. The van der Waals surface area contributed by atoms with E-state index in [4.69, 9.17) is 4.74 Å². The van der Waals surface area contributed by atoms with Crippen molar-refractivity contribution in [1.82, 2.24) is 20.8 Å². The molecule has 0 aliphatic carbocycles. The van der Waals surface area contributed by atoms with E-state index >= 15 is 0 Å². The summed E-state index contributed by atoms with van der Waals surface area (Å²) in [5, 5.41) is 13.6. The van der Waals surface area contributed by atoms with Crippen LogP contribution in [-0.2, 0) is 16.1 Å². The van der Waals surface area contributed by atoms with E-state index in [-0.39, 0.29) is 12.0 Å². The summed E-state index contributed by atoms with van der Waals surface area (Å²) in [6.07, 6.45) is 1.96. The maximum absolute atomic E-state index is 11.6. The van der Waals surface area contributed by atoms with Gasteiger partial charge in [0.05, 0.1) is 31.4 Å². The first kappa shape index (κ1) is 11.9.